The van der Waals surface area contributed by atoms with Gasteiger partial charge < -0.3 is 24.8 Å². The summed E-state index contributed by atoms with van der Waals surface area (Å²) in [5, 5.41) is 0. The van der Waals surface area contributed by atoms with Crippen molar-refractivity contribution in [3.05, 3.63) is 35.9 Å². The molecule has 0 radical (unpaired) electrons. The summed E-state index contributed by atoms with van der Waals surface area (Å²) >= 11 is 0. The molecule has 0 aliphatic carbocycles. The van der Waals surface area contributed by atoms with Crippen LogP contribution in [0.25, 0.3) is 0 Å². The Morgan fingerprint density at radius 3 is 1.50 bits per heavy atom. The molecule has 0 aliphatic rings. The largest absolute Gasteiger partial charge is 2.00 e. The fraction of sp³-hybridized carbons (Fsp3) is 0.143. The molecule has 0 amide bonds. The van der Waals surface area contributed by atoms with E-state index < -0.39 is 0 Å². The van der Waals surface area contributed by atoms with E-state index in [1.54, 1.807) is 0 Å². The van der Waals surface area contributed by atoms with Gasteiger partial charge in [0, 0.05) is 0 Å². The monoisotopic (exact) mass is 354 g/mol. The van der Waals surface area contributed by atoms with Gasteiger partial charge in [0.05, 0.1) is 0 Å². The third kappa shape index (κ3) is 6.55. The van der Waals surface area contributed by atoms with Crippen LogP contribution in [-0.2, 0) is 19.8 Å². The van der Waals surface area contributed by atoms with E-state index in [2.05, 4.69) is 19.1 Å². The number of hydrogen-bond acceptors (Lipinski definition) is 0. The Hall–Kier alpha value is 0.436. The van der Waals surface area contributed by atoms with Crippen molar-refractivity contribution in [3.8, 4) is 0 Å². The topological polar surface area (TPSA) is 0 Å². The van der Waals surface area contributed by atoms with Gasteiger partial charge in [0.15, 0.2) is 0 Å². The molecule has 0 unspecified atom stereocenters. The minimum atomic E-state index is 0. The Labute approximate surface area is 87.3 Å². The van der Waals surface area contributed by atoms with Crippen LogP contribution in [0.1, 0.15) is 5.56 Å². The van der Waals surface area contributed by atoms with Crippen molar-refractivity contribution in [1.82, 2.24) is 0 Å². The third-order valence-electron chi connectivity index (χ3n) is 0.940. The Morgan fingerprint density at radius 2 is 1.30 bits per heavy atom. The Balaban J connectivity index is -0.000000163. The first kappa shape index (κ1) is 16.8. The van der Waals surface area contributed by atoms with E-state index in [9.17, 15) is 0 Å². The summed E-state index contributed by atoms with van der Waals surface area (Å²) in [5.74, 6) is 0. The molecule has 1 rings (SSSR count). The van der Waals surface area contributed by atoms with Gasteiger partial charge in [-0.15, -0.1) is 0 Å². The van der Waals surface area contributed by atoms with Gasteiger partial charge in [-0.3, -0.25) is 0 Å². The van der Waals surface area contributed by atoms with E-state index in [0.717, 1.165) is 0 Å². The zero-order valence-corrected chi connectivity index (χ0v) is 9.55. The second kappa shape index (κ2) is 9.44. The van der Waals surface area contributed by atoms with Crippen LogP contribution in [0.4, 0.5) is 0 Å². The minimum absolute atomic E-state index is 0. The number of aryl methyl sites for hydroxylation is 1. The summed E-state index contributed by atoms with van der Waals surface area (Å²) in [4.78, 5) is 0. The third-order valence-corrected chi connectivity index (χ3v) is 0.940. The van der Waals surface area contributed by atoms with Crippen LogP contribution < -0.4 is 24.8 Å². The summed E-state index contributed by atoms with van der Waals surface area (Å²) in [6.07, 6.45) is 0. The van der Waals surface area contributed by atoms with Crippen molar-refractivity contribution >= 4 is 0 Å². The van der Waals surface area contributed by atoms with Gasteiger partial charge in [-0.2, -0.15) is 0 Å². The van der Waals surface area contributed by atoms with Crippen LogP contribution >= 0.6 is 0 Å². The molecule has 0 nitrogen and oxygen atoms in total. The minimum Gasteiger partial charge on any atom is -1.00 e. The van der Waals surface area contributed by atoms with Crippen LogP contribution in [0.15, 0.2) is 30.3 Å². The van der Waals surface area contributed by atoms with Crippen LogP contribution in [0.2, 0.25) is 0 Å². The second-order valence-corrected chi connectivity index (χ2v) is 1.65. The van der Waals surface area contributed by atoms with Crippen molar-refractivity contribution in [2.45, 2.75) is 6.92 Å². The Kier molecular flexibility index (Phi) is 15.9. The summed E-state index contributed by atoms with van der Waals surface area (Å²) < 4.78 is 0. The number of benzene rings is 1. The van der Waals surface area contributed by atoms with Crippen LogP contribution in [0.3, 0.4) is 0 Å². The average Bonchev–Trinajstić information content (AvgIpc) is 1.69. The molecule has 0 aromatic heterocycles. The number of halogens is 2. The zero-order valence-electron chi connectivity index (χ0n) is 5.50. The molecule has 3 heteroatoms. The maximum Gasteiger partial charge on any atom is 2.00 e. The Morgan fingerprint density at radius 1 is 0.900 bits per heavy atom. The van der Waals surface area contributed by atoms with Gasteiger partial charge in [-0.05, 0) is 6.92 Å². The molecule has 0 bridgehead atoms. The van der Waals surface area contributed by atoms with Crippen molar-refractivity contribution in [3.63, 3.8) is 0 Å². The predicted octanol–water partition coefficient (Wildman–Crippen LogP) is -4.00. The average molecular weight is 353 g/mol. The summed E-state index contributed by atoms with van der Waals surface area (Å²) in [6.45, 7) is 2.08. The molecule has 0 heterocycles. The van der Waals surface area contributed by atoms with Crippen LogP contribution in [0.5, 0.6) is 0 Å². The molecule has 0 saturated heterocycles. The van der Waals surface area contributed by atoms with Gasteiger partial charge in [0.2, 0.25) is 0 Å². The zero-order chi connectivity index (χ0) is 5.11. The van der Waals surface area contributed by atoms with Gasteiger partial charge >= 0.3 is 19.8 Å². The van der Waals surface area contributed by atoms with E-state index in [1.165, 1.54) is 5.56 Å². The summed E-state index contributed by atoms with van der Waals surface area (Å²) in [7, 11) is 0. The SMILES string of the molecule is Cc1ccccc1.[Cl-].[Cl-].[Os+2]. The standard InChI is InChI=1S/C7H8.2ClH.Os/c1-7-5-3-2-4-6-7;;;/h2-6H,1H3;2*1H;/q;;;+2/p-2. The summed E-state index contributed by atoms with van der Waals surface area (Å²) in [5.41, 5.74) is 1.32. The molecular weight excluding hydrogens is 345 g/mol. The van der Waals surface area contributed by atoms with E-state index in [-0.39, 0.29) is 44.6 Å². The van der Waals surface area contributed by atoms with E-state index >= 15 is 0 Å². The molecule has 10 heavy (non-hydrogen) atoms. The summed E-state index contributed by atoms with van der Waals surface area (Å²) in [6, 6.07) is 10.3. The first-order valence-electron chi connectivity index (χ1n) is 2.41. The molecule has 1 aromatic carbocycles. The second-order valence-electron chi connectivity index (χ2n) is 1.65. The van der Waals surface area contributed by atoms with Gasteiger partial charge in [-0.1, -0.05) is 35.9 Å². The van der Waals surface area contributed by atoms with Crippen molar-refractivity contribution in [2.24, 2.45) is 0 Å². The Bertz CT molecular complexity index is 142. The van der Waals surface area contributed by atoms with Crippen LogP contribution in [0, 0.1) is 6.92 Å². The van der Waals surface area contributed by atoms with Gasteiger partial charge in [0.1, 0.15) is 0 Å². The molecule has 0 atom stereocenters. The van der Waals surface area contributed by atoms with Crippen LogP contribution in [-0.4, -0.2) is 0 Å². The molecule has 1 aromatic rings. The van der Waals surface area contributed by atoms with E-state index in [1.807, 2.05) is 18.2 Å². The number of hydrogen-bond donors (Lipinski definition) is 0. The normalized spacial score (nSPS) is 6.10. The maximum absolute atomic E-state index is 2.08. The van der Waals surface area contributed by atoms with Crippen molar-refractivity contribution in [2.75, 3.05) is 0 Å². The molecule has 0 spiro atoms. The molecular formula is C7H8Cl2Os. The van der Waals surface area contributed by atoms with Gasteiger partial charge in [-0.25, -0.2) is 0 Å². The molecule has 0 aliphatic heterocycles. The predicted molar refractivity (Wildman–Crippen MR) is 31.2 cm³/mol. The first-order valence-corrected chi connectivity index (χ1v) is 2.41. The molecule has 0 fully saturated rings. The molecule has 0 N–H and O–H groups in total. The molecule has 58 valence electrons. The quantitative estimate of drug-likeness (QED) is 0.446. The fourth-order valence-corrected chi connectivity index (χ4v) is 0.534. The van der Waals surface area contributed by atoms with Crippen molar-refractivity contribution in [1.29, 1.82) is 0 Å². The molecule has 0 saturated carbocycles. The maximum atomic E-state index is 2.08. The smallest absolute Gasteiger partial charge is 1.00 e. The van der Waals surface area contributed by atoms with Gasteiger partial charge in [0.25, 0.3) is 0 Å². The fourth-order valence-electron chi connectivity index (χ4n) is 0.534. The van der Waals surface area contributed by atoms with Crippen molar-refractivity contribution < 1.29 is 44.6 Å². The number of rotatable bonds is 0. The first-order chi connectivity index (χ1) is 3.39. The van der Waals surface area contributed by atoms with E-state index in [0.29, 0.717) is 0 Å². The van der Waals surface area contributed by atoms with E-state index in [4.69, 9.17) is 0 Å².